The molecular weight excluding hydrogens is 130 g/mol. The number of carbonyl (C=O) groups excluding carboxylic acids is 1. The highest BCUT2D eigenvalue weighted by molar-refractivity contribution is 5.71. The largest absolute Gasteiger partial charge is 1.00 e. The lowest BCUT2D eigenvalue weighted by atomic mass is 10.7. The van der Waals surface area contributed by atoms with Crippen molar-refractivity contribution in [2.24, 2.45) is 5.73 Å². The van der Waals surface area contributed by atoms with E-state index in [9.17, 15) is 4.79 Å². The van der Waals surface area contributed by atoms with E-state index in [1.165, 1.54) is 0 Å². The molecule has 0 radical (unpaired) electrons. The molecule has 0 spiro atoms. The lowest BCUT2D eigenvalue weighted by Gasteiger charge is -1.93. The van der Waals surface area contributed by atoms with Gasteiger partial charge in [-0.1, -0.05) is 0 Å². The first-order valence-corrected chi connectivity index (χ1v) is 2.17. The second-order valence-electron chi connectivity index (χ2n) is 1.01. The van der Waals surface area contributed by atoms with Gasteiger partial charge in [0.1, 0.15) is 0 Å². The molecule has 0 aromatic rings. The minimum atomic E-state index is -0.345. The summed E-state index contributed by atoms with van der Waals surface area (Å²) >= 11 is 0. The van der Waals surface area contributed by atoms with Crippen LogP contribution in [0.5, 0.6) is 0 Å². The molecule has 0 saturated carbocycles. The van der Waals surface area contributed by atoms with Gasteiger partial charge in [0.25, 0.3) is 0 Å². The Morgan fingerprint density at radius 2 is 2.25 bits per heavy atom. The molecule has 2 N–H and O–H groups in total. The number of esters is 1. The summed E-state index contributed by atoms with van der Waals surface area (Å²) in [6.45, 7) is 2.14. The predicted octanol–water partition coefficient (Wildman–Crippen LogP) is -3.49. The van der Waals surface area contributed by atoms with Crippen LogP contribution in [0.1, 0.15) is 6.92 Å². The lowest BCUT2D eigenvalue weighted by Crippen LogP contribution is -3.00. The molecule has 0 heterocycles. The van der Waals surface area contributed by atoms with Crippen LogP contribution in [0.3, 0.4) is 0 Å². The van der Waals surface area contributed by atoms with Crippen molar-refractivity contribution in [3.63, 3.8) is 0 Å². The fraction of sp³-hybridized carbons (Fsp3) is 0.750. The summed E-state index contributed by atoms with van der Waals surface area (Å²) in [5.41, 5.74) is 4.88. The molecule has 0 amide bonds. The molecule has 0 aliphatic carbocycles. The number of halogens is 1. The first-order valence-electron chi connectivity index (χ1n) is 2.17. The average Bonchev–Trinajstić information content (AvgIpc) is 1.68. The standard InChI is InChI=1S/C4H9NO2.ClH/c1-2-7-4(6)3-5;/h2-3,5H2,1H3;1H/p-1. The van der Waals surface area contributed by atoms with Crippen LogP contribution in [-0.4, -0.2) is 19.1 Å². The fourth-order valence-electron chi connectivity index (χ4n) is 0.220. The Kier molecular flexibility index (Phi) is 8.95. The van der Waals surface area contributed by atoms with E-state index in [0.717, 1.165) is 0 Å². The zero-order valence-electron chi connectivity index (χ0n) is 4.69. The van der Waals surface area contributed by atoms with Crippen molar-refractivity contribution in [2.45, 2.75) is 6.92 Å². The van der Waals surface area contributed by atoms with E-state index < -0.39 is 0 Å². The maximum absolute atomic E-state index is 10.1. The van der Waals surface area contributed by atoms with E-state index in [2.05, 4.69) is 4.74 Å². The highest BCUT2D eigenvalue weighted by Crippen LogP contribution is 1.69. The molecule has 0 aromatic carbocycles. The van der Waals surface area contributed by atoms with E-state index in [0.29, 0.717) is 6.61 Å². The number of hydrogen-bond acceptors (Lipinski definition) is 3. The van der Waals surface area contributed by atoms with Crippen molar-refractivity contribution in [2.75, 3.05) is 13.2 Å². The van der Waals surface area contributed by atoms with Crippen LogP contribution < -0.4 is 18.1 Å². The number of carbonyl (C=O) groups is 1. The third-order valence-corrected chi connectivity index (χ3v) is 0.472. The summed E-state index contributed by atoms with van der Waals surface area (Å²) < 4.78 is 4.43. The smallest absolute Gasteiger partial charge is 0.319 e. The van der Waals surface area contributed by atoms with E-state index in [-0.39, 0.29) is 24.9 Å². The van der Waals surface area contributed by atoms with Gasteiger partial charge in [-0.3, -0.25) is 4.79 Å². The number of ether oxygens (including phenoxy) is 1. The van der Waals surface area contributed by atoms with Crippen LogP contribution in [0.15, 0.2) is 0 Å². The van der Waals surface area contributed by atoms with Crippen LogP contribution in [-0.2, 0) is 9.53 Å². The van der Waals surface area contributed by atoms with Crippen molar-refractivity contribution < 1.29 is 21.9 Å². The van der Waals surface area contributed by atoms with Crippen molar-refractivity contribution in [1.29, 1.82) is 0 Å². The molecule has 0 aliphatic rings. The van der Waals surface area contributed by atoms with Crippen LogP contribution in [0.4, 0.5) is 0 Å². The molecule has 0 aromatic heterocycles. The maximum atomic E-state index is 10.1. The van der Waals surface area contributed by atoms with E-state index in [1.54, 1.807) is 6.92 Å². The SMILES string of the molecule is CCOC(=O)CN.[Cl-]. The van der Waals surface area contributed by atoms with Crippen LogP contribution in [0.25, 0.3) is 0 Å². The van der Waals surface area contributed by atoms with Gasteiger partial charge in [-0.25, -0.2) is 0 Å². The fourth-order valence-corrected chi connectivity index (χ4v) is 0.220. The Morgan fingerprint density at radius 1 is 1.75 bits per heavy atom. The first kappa shape index (κ1) is 10.7. The zero-order chi connectivity index (χ0) is 5.70. The minimum Gasteiger partial charge on any atom is -1.00 e. The molecule has 0 atom stereocenters. The Balaban J connectivity index is 0. The van der Waals surface area contributed by atoms with Gasteiger partial charge in [-0.2, -0.15) is 0 Å². The average molecular weight is 139 g/mol. The van der Waals surface area contributed by atoms with E-state index >= 15 is 0 Å². The highest BCUT2D eigenvalue weighted by Gasteiger charge is 1.91. The minimum absolute atomic E-state index is 0. The van der Waals surface area contributed by atoms with Gasteiger partial charge in [0.15, 0.2) is 0 Å². The van der Waals surface area contributed by atoms with Gasteiger partial charge < -0.3 is 22.9 Å². The van der Waals surface area contributed by atoms with Gasteiger partial charge in [0, 0.05) is 0 Å². The third kappa shape index (κ3) is 5.72. The third-order valence-electron chi connectivity index (χ3n) is 0.472. The molecule has 4 heteroatoms. The molecule has 0 saturated heterocycles. The van der Waals surface area contributed by atoms with Gasteiger partial charge in [-0.15, -0.1) is 0 Å². The van der Waals surface area contributed by atoms with Gasteiger partial charge >= 0.3 is 5.97 Å². The summed E-state index contributed by atoms with van der Waals surface area (Å²) in [6.07, 6.45) is 0. The van der Waals surface area contributed by atoms with E-state index in [1.807, 2.05) is 0 Å². The summed E-state index contributed by atoms with van der Waals surface area (Å²) in [7, 11) is 0. The normalized spacial score (nSPS) is 7.25. The highest BCUT2D eigenvalue weighted by atomic mass is 35.5. The summed E-state index contributed by atoms with van der Waals surface area (Å²) in [6, 6.07) is 0. The zero-order valence-corrected chi connectivity index (χ0v) is 5.44. The molecule has 0 bridgehead atoms. The quantitative estimate of drug-likeness (QED) is 0.403. The Hall–Kier alpha value is -0.280. The molecule has 8 heavy (non-hydrogen) atoms. The van der Waals surface area contributed by atoms with Crippen LogP contribution >= 0.6 is 0 Å². The van der Waals surface area contributed by atoms with Crippen molar-refractivity contribution in [1.82, 2.24) is 0 Å². The molecule has 0 rings (SSSR count). The van der Waals surface area contributed by atoms with Gasteiger partial charge in [-0.05, 0) is 6.92 Å². The molecule has 0 unspecified atom stereocenters. The number of rotatable bonds is 2. The topological polar surface area (TPSA) is 52.3 Å². The number of nitrogens with two attached hydrogens (primary N) is 1. The van der Waals surface area contributed by atoms with Crippen molar-refractivity contribution in [3.05, 3.63) is 0 Å². The molecular formula is C4H9ClNO2-. The van der Waals surface area contributed by atoms with E-state index in [4.69, 9.17) is 5.73 Å². The summed E-state index contributed by atoms with van der Waals surface area (Å²) in [5.74, 6) is -0.345. The van der Waals surface area contributed by atoms with Crippen LogP contribution in [0, 0.1) is 0 Å². The summed E-state index contributed by atoms with van der Waals surface area (Å²) in [4.78, 5) is 10.1. The Morgan fingerprint density at radius 3 is 2.38 bits per heavy atom. The van der Waals surface area contributed by atoms with Crippen molar-refractivity contribution >= 4 is 5.97 Å². The summed E-state index contributed by atoms with van der Waals surface area (Å²) in [5, 5.41) is 0. The molecule has 0 aliphatic heterocycles. The second-order valence-corrected chi connectivity index (χ2v) is 1.01. The van der Waals surface area contributed by atoms with Crippen LogP contribution in [0.2, 0.25) is 0 Å². The molecule has 0 fully saturated rings. The maximum Gasteiger partial charge on any atom is 0.319 e. The lowest BCUT2D eigenvalue weighted by molar-refractivity contribution is -0.141. The Labute approximate surface area is 54.6 Å². The monoisotopic (exact) mass is 138 g/mol. The first-order chi connectivity index (χ1) is 3.31. The van der Waals surface area contributed by atoms with Gasteiger partial charge in [0.2, 0.25) is 0 Å². The van der Waals surface area contributed by atoms with Crippen molar-refractivity contribution in [3.8, 4) is 0 Å². The molecule has 50 valence electrons. The number of hydrogen-bond donors (Lipinski definition) is 1. The Bertz CT molecular complexity index is 67.1. The molecule has 3 nitrogen and oxygen atoms in total. The van der Waals surface area contributed by atoms with Gasteiger partial charge in [0.05, 0.1) is 13.2 Å². The second kappa shape index (κ2) is 6.72. The predicted molar refractivity (Wildman–Crippen MR) is 25.7 cm³/mol.